The topological polar surface area (TPSA) is 55.2 Å². The fourth-order valence-electron chi connectivity index (χ4n) is 2.35. The fourth-order valence-corrected chi connectivity index (χ4v) is 3.28. The van der Waals surface area contributed by atoms with Crippen LogP contribution in [0.25, 0.3) is 0 Å². The first-order chi connectivity index (χ1) is 12.8. The third kappa shape index (κ3) is 5.01. The van der Waals surface area contributed by atoms with Crippen molar-refractivity contribution in [3.63, 3.8) is 0 Å². The largest absolute Gasteiger partial charge is 0.416 e. The number of benzene rings is 3. The van der Waals surface area contributed by atoms with Crippen LogP contribution >= 0.6 is 11.8 Å². The van der Waals surface area contributed by atoms with E-state index in [1.807, 2.05) is 30.3 Å². The number of anilines is 2. The van der Waals surface area contributed by atoms with Gasteiger partial charge in [-0.25, -0.2) is 0 Å². The number of nitro benzene ring substituents is 1. The first kappa shape index (κ1) is 18.8. The molecule has 0 amide bonds. The Kier molecular flexibility index (Phi) is 5.36. The van der Waals surface area contributed by atoms with Crippen molar-refractivity contribution in [3.05, 3.63) is 88.5 Å². The number of nitrogens with zero attached hydrogens (tertiary/aromatic N) is 1. The van der Waals surface area contributed by atoms with E-state index in [4.69, 9.17) is 0 Å². The summed E-state index contributed by atoms with van der Waals surface area (Å²) in [5, 5.41) is 14.1. The molecule has 0 aliphatic rings. The van der Waals surface area contributed by atoms with Gasteiger partial charge < -0.3 is 5.32 Å². The first-order valence-corrected chi connectivity index (χ1v) is 8.59. The van der Waals surface area contributed by atoms with Gasteiger partial charge in [0.1, 0.15) is 0 Å². The SMILES string of the molecule is O=[N+]([O-])c1cc(Nc2ccc(C(F)(F)F)cc2)cc(Sc2ccccc2)c1. The normalized spacial score (nSPS) is 11.2. The number of hydrogen-bond donors (Lipinski definition) is 1. The van der Waals surface area contributed by atoms with E-state index in [9.17, 15) is 23.3 Å². The molecule has 138 valence electrons. The van der Waals surface area contributed by atoms with Gasteiger partial charge in [-0.1, -0.05) is 30.0 Å². The molecule has 3 aromatic rings. The third-order valence-corrected chi connectivity index (χ3v) is 4.56. The lowest BCUT2D eigenvalue weighted by atomic mass is 10.2. The minimum atomic E-state index is -4.41. The summed E-state index contributed by atoms with van der Waals surface area (Å²) in [6.07, 6.45) is -4.41. The van der Waals surface area contributed by atoms with Gasteiger partial charge in [0, 0.05) is 33.3 Å². The maximum atomic E-state index is 12.7. The van der Waals surface area contributed by atoms with Gasteiger partial charge in [-0.3, -0.25) is 10.1 Å². The van der Waals surface area contributed by atoms with Gasteiger partial charge in [0.25, 0.3) is 5.69 Å². The highest BCUT2D eigenvalue weighted by Crippen LogP contribution is 2.34. The summed E-state index contributed by atoms with van der Waals surface area (Å²) in [7, 11) is 0. The van der Waals surface area contributed by atoms with E-state index in [1.165, 1.54) is 36.0 Å². The molecule has 0 aliphatic carbocycles. The van der Waals surface area contributed by atoms with Crippen molar-refractivity contribution in [1.29, 1.82) is 0 Å². The summed E-state index contributed by atoms with van der Waals surface area (Å²) in [5.74, 6) is 0. The van der Waals surface area contributed by atoms with Crippen LogP contribution < -0.4 is 5.32 Å². The lowest BCUT2D eigenvalue weighted by Crippen LogP contribution is -2.04. The first-order valence-electron chi connectivity index (χ1n) is 7.78. The standard InChI is InChI=1S/C19H13F3N2O2S/c20-19(21,22)13-6-8-14(9-7-13)23-15-10-16(24(25)26)12-18(11-15)27-17-4-2-1-3-5-17/h1-12,23H. The molecule has 1 N–H and O–H groups in total. The molecule has 0 unspecified atom stereocenters. The molecule has 0 aliphatic heterocycles. The van der Waals surface area contributed by atoms with Crippen molar-refractivity contribution in [3.8, 4) is 0 Å². The Hall–Kier alpha value is -3.00. The van der Waals surface area contributed by atoms with E-state index in [0.29, 0.717) is 16.3 Å². The van der Waals surface area contributed by atoms with E-state index in [1.54, 1.807) is 6.07 Å². The molecule has 0 aromatic heterocycles. The molecule has 4 nitrogen and oxygen atoms in total. The van der Waals surface area contributed by atoms with Crippen molar-refractivity contribution in [2.45, 2.75) is 16.0 Å². The highest BCUT2D eigenvalue weighted by Gasteiger charge is 2.29. The zero-order chi connectivity index (χ0) is 19.4. The average molecular weight is 390 g/mol. The van der Waals surface area contributed by atoms with Crippen LogP contribution in [0.1, 0.15) is 5.56 Å². The lowest BCUT2D eigenvalue weighted by molar-refractivity contribution is -0.385. The smallest absolute Gasteiger partial charge is 0.355 e. The molecule has 3 aromatic carbocycles. The van der Waals surface area contributed by atoms with Crippen LogP contribution in [0.4, 0.5) is 30.2 Å². The van der Waals surface area contributed by atoms with E-state index in [0.717, 1.165) is 17.0 Å². The molecule has 27 heavy (non-hydrogen) atoms. The Balaban J connectivity index is 1.87. The van der Waals surface area contributed by atoms with E-state index >= 15 is 0 Å². The minimum absolute atomic E-state index is 0.106. The van der Waals surface area contributed by atoms with Gasteiger partial charge in [-0.05, 0) is 42.5 Å². The van der Waals surface area contributed by atoms with Gasteiger partial charge in [0.05, 0.1) is 10.5 Å². The number of rotatable bonds is 5. The summed E-state index contributed by atoms with van der Waals surface area (Å²) >= 11 is 1.36. The van der Waals surface area contributed by atoms with E-state index < -0.39 is 16.7 Å². The monoisotopic (exact) mass is 390 g/mol. The molecular weight excluding hydrogens is 377 g/mol. The Morgan fingerprint density at radius 1 is 0.852 bits per heavy atom. The second kappa shape index (κ2) is 7.71. The zero-order valence-corrected chi connectivity index (χ0v) is 14.6. The van der Waals surface area contributed by atoms with Crippen LogP contribution in [-0.4, -0.2) is 4.92 Å². The summed E-state index contributed by atoms with van der Waals surface area (Å²) in [5.41, 5.74) is -0.0423. The van der Waals surface area contributed by atoms with Crippen molar-refractivity contribution >= 4 is 28.8 Å². The van der Waals surface area contributed by atoms with Crippen LogP contribution in [0, 0.1) is 10.1 Å². The maximum Gasteiger partial charge on any atom is 0.416 e. The number of nitrogens with one attached hydrogen (secondary N) is 1. The van der Waals surface area contributed by atoms with Crippen molar-refractivity contribution in [2.24, 2.45) is 0 Å². The fraction of sp³-hybridized carbons (Fsp3) is 0.0526. The van der Waals surface area contributed by atoms with Crippen LogP contribution in [0.3, 0.4) is 0 Å². The zero-order valence-electron chi connectivity index (χ0n) is 13.7. The summed E-state index contributed by atoms with van der Waals surface area (Å²) in [6, 6.07) is 18.3. The molecule has 0 radical (unpaired) electrons. The Labute approximate surface area is 157 Å². The number of alkyl halides is 3. The maximum absolute atomic E-state index is 12.7. The molecular formula is C19H13F3N2O2S. The molecule has 3 rings (SSSR count). The van der Waals surface area contributed by atoms with Crippen molar-refractivity contribution in [1.82, 2.24) is 0 Å². The Bertz CT molecular complexity index is 945. The molecule has 0 saturated heterocycles. The van der Waals surface area contributed by atoms with Gasteiger partial charge in [0.15, 0.2) is 0 Å². The highest BCUT2D eigenvalue weighted by molar-refractivity contribution is 7.99. The molecule has 0 heterocycles. The number of halogens is 3. The van der Waals surface area contributed by atoms with Crippen molar-refractivity contribution in [2.75, 3.05) is 5.32 Å². The summed E-state index contributed by atoms with van der Waals surface area (Å²) in [4.78, 5) is 12.3. The van der Waals surface area contributed by atoms with Gasteiger partial charge in [-0.2, -0.15) is 13.2 Å². The van der Waals surface area contributed by atoms with Crippen LogP contribution in [0.15, 0.2) is 82.6 Å². The average Bonchev–Trinajstić information content (AvgIpc) is 2.62. The molecule has 0 fully saturated rings. The quantitative estimate of drug-likeness (QED) is 0.399. The number of nitro groups is 1. The second-order valence-corrected chi connectivity index (χ2v) is 6.73. The van der Waals surface area contributed by atoms with E-state index in [-0.39, 0.29) is 5.69 Å². The van der Waals surface area contributed by atoms with Crippen LogP contribution in [-0.2, 0) is 6.18 Å². The number of hydrogen-bond acceptors (Lipinski definition) is 4. The summed E-state index contributed by atoms with van der Waals surface area (Å²) < 4.78 is 38.0. The van der Waals surface area contributed by atoms with E-state index in [2.05, 4.69) is 5.32 Å². The Morgan fingerprint density at radius 3 is 2.11 bits per heavy atom. The van der Waals surface area contributed by atoms with Gasteiger partial charge in [0.2, 0.25) is 0 Å². The molecule has 0 bridgehead atoms. The van der Waals surface area contributed by atoms with Crippen LogP contribution in [0.5, 0.6) is 0 Å². The predicted octanol–water partition coefficient (Wildman–Crippen LogP) is 6.51. The molecule has 0 saturated carbocycles. The van der Waals surface area contributed by atoms with Crippen molar-refractivity contribution < 1.29 is 18.1 Å². The second-order valence-electron chi connectivity index (χ2n) is 5.59. The molecule has 0 atom stereocenters. The minimum Gasteiger partial charge on any atom is -0.355 e. The molecule has 8 heteroatoms. The van der Waals surface area contributed by atoms with Gasteiger partial charge in [-0.15, -0.1) is 0 Å². The Morgan fingerprint density at radius 2 is 1.52 bits per heavy atom. The molecule has 0 spiro atoms. The summed E-state index contributed by atoms with van der Waals surface area (Å²) in [6.45, 7) is 0. The van der Waals surface area contributed by atoms with Gasteiger partial charge >= 0.3 is 6.18 Å². The predicted molar refractivity (Wildman–Crippen MR) is 98.4 cm³/mol. The number of non-ortho nitro benzene ring substituents is 1. The lowest BCUT2D eigenvalue weighted by Gasteiger charge is -2.11. The van der Waals surface area contributed by atoms with Crippen LogP contribution in [0.2, 0.25) is 0 Å². The highest BCUT2D eigenvalue weighted by atomic mass is 32.2. The third-order valence-electron chi connectivity index (χ3n) is 3.58.